The van der Waals surface area contributed by atoms with Crippen LogP contribution >= 0.6 is 0 Å². The zero-order valence-electron chi connectivity index (χ0n) is 9.82. The molecule has 1 aromatic carbocycles. The fourth-order valence-electron chi connectivity index (χ4n) is 1.50. The van der Waals surface area contributed by atoms with E-state index in [2.05, 4.69) is 4.98 Å². The Balaban J connectivity index is 2.26. The molecule has 0 saturated carbocycles. The van der Waals surface area contributed by atoms with Crippen LogP contribution < -0.4 is 0 Å². The number of nitrogens with zero attached hydrogens (tertiary/aromatic N) is 1. The molecule has 0 amide bonds. The van der Waals surface area contributed by atoms with Crippen LogP contribution in [0.25, 0.3) is 6.08 Å². The summed E-state index contributed by atoms with van der Waals surface area (Å²) in [6, 6.07) is 5.87. The molecule has 0 radical (unpaired) electrons. The standard InChI is InChI=1S/C14H11NO4/c16-11(5-3-9-2-1-7-15-8-9)10-4-6-12(17)14(19)13(10)18/h1-8,17-19H/b5-3+. The van der Waals surface area contributed by atoms with E-state index >= 15 is 0 Å². The number of aromatic hydroxyl groups is 3. The van der Waals surface area contributed by atoms with Crippen LogP contribution in [0.3, 0.4) is 0 Å². The first-order valence-corrected chi connectivity index (χ1v) is 5.46. The van der Waals surface area contributed by atoms with E-state index in [-0.39, 0.29) is 5.56 Å². The van der Waals surface area contributed by atoms with Gasteiger partial charge in [-0.25, -0.2) is 0 Å². The predicted molar refractivity (Wildman–Crippen MR) is 69.0 cm³/mol. The minimum Gasteiger partial charge on any atom is -0.504 e. The SMILES string of the molecule is O=C(/C=C/c1cccnc1)c1ccc(O)c(O)c1O. The molecule has 0 aliphatic heterocycles. The van der Waals surface area contributed by atoms with Gasteiger partial charge in [0.15, 0.2) is 17.3 Å². The molecule has 0 fully saturated rings. The summed E-state index contributed by atoms with van der Waals surface area (Å²) in [4.78, 5) is 15.7. The number of benzene rings is 1. The number of hydrogen-bond acceptors (Lipinski definition) is 5. The minimum absolute atomic E-state index is 0.0876. The summed E-state index contributed by atoms with van der Waals surface area (Å²) in [5, 5.41) is 28.1. The number of carbonyl (C=O) groups is 1. The van der Waals surface area contributed by atoms with E-state index in [1.165, 1.54) is 12.1 Å². The first-order chi connectivity index (χ1) is 9.09. The summed E-state index contributed by atoms with van der Waals surface area (Å²) in [6.45, 7) is 0. The molecule has 96 valence electrons. The summed E-state index contributed by atoms with van der Waals surface area (Å²) in [7, 11) is 0. The predicted octanol–water partition coefficient (Wildman–Crippen LogP) is 2.09. The number of carbonyl (C=O) groups excluding carboxylic acids is 1. The molecule has 1 heterocycles. The van der Waals surface area contributed by atoms with E-state index < -0.39 is 23.0 Å². The third kappa shape index (κ3) is 2.71. The molecule has 2 aromatic rings. The van der Waals surface area contributed by atoms with Crippen molar-refractivity contribution in [2.24, 2.45) is 0 Å². The van der Waals surface area contributed by atoms with Crippen molar-refractivity contribution in [1.29, 1.82) is 0 Å². The van der Waals surface area contributed by atoms with Gasteiger partial charge >= 0.3 is 0 Å². The molecule has 0 spiro atoms. The van der Waals surface area contributed by atoms with Gasteiger partial charge in [0.1, 0.15) is 0 Å². The lowest BCUT2D eigenvalue weighted by Crippen LogP contribution is -1.95. The van der Waals surface area contributed by atoms with Crippen LogP contribution in [0.5, 0.6) is 17.2 Å². The molecular weight excluding hydrogens is 246 g/mol. The van der Waals surface area contributed by atoms with Crippen LogP contribution in [0.4, 0.5) is 0 Å². The highest BCUT2D eigenvalue weighted by Crippen LogP contribution is 2.37. The Morgan fingerprint density at radius 2 is 1.89 bits per heavy atom. The Morgan fingerprint density at radius 3 is 2.58 bits per heavy atom. The van der Waals surface area contributed by atoms with Gasteiger partial charge in [-0.2, -0.15) is 0 Å². The fourth-order valence-corrected chi connectivity index (χ4v) is 1.50. The molecule has 0 aliphatic rings. The lowest BCUT2D eigenvalue weighted by Gasteiger charge is -2.04. The molecule has 3 N–H and O–H groups in total. The first-order valence-electron chi connectivity index (χ1n) is 5.46. The van der Waals surface area contributed by atoms with Crippen LogP contribution in [0.2, 0.25) is 0 Å². The topological polar surface area (TPSA) is 90.7 Å². The molecular formula is C14H11NO4. The number of aromatic nitrogens is 1. The third-order valence-corrected chi connectivity index (χ3v) is 2.51. The van der Waals surface area contributed by atoms with Crippen molar-refractivity contribution in [3.05, 3.63) is 53.9 Å². The summed E-state index contributed by atoms with van der Waals surface area (Å²) in [5.41, 5.74) is 0.647. The van der Waals surface area contributed by atoms with Crippen molar-refractivity contribution in [1.82, 2.24) is 4.98 Å². The van der Waals surface area contributed by atoms with Crippen molar-refractivity contribution in [2.45, 2.75) is 0 Å². The molecule has 0 unspecified atom stereocenters. The van der Waals surface area contributed by atoms with Crippen LogP contribution in [-0.4, -0.2) is 26.1 Å². The number of allylic oxidation sites excluding steroid dienone is 1. The minimum atomic E-state index is -0.708. The second kappa shape index (κ2) is 5.22. The van der Waals surface area contributed by atoms with Gasteiger partial charge in [-0.3, -0.25) is 9.78 Å². The highest BCUT2D eigenvalue weighted by atomic mass is 16.3. The van der Waals surface area contributed by atoms with E-state index in [0.717, 1.165) is 11.6 Å². The van der Waals surface area contributed by atoms with Crippen molar-refractivity contribution in [3.63, 3.8) is 0 Å². The Labute approximate surface area is 109 Å². The molecule has 5 nitrogen and oxygen atoms in total. The van der Waals surface area contributed by atoms with Gasteiger partial charge in [0.05, 0.1) is 5.56 Å². The Kier molecular flexibility index (Phi) is 3.47. The Bertz CT molecular complexity index is 635. The number of ketones is 1. The number of hydrogen-bond donors (Lipinski definition) is 3. The van der Waals surface area contributed by atoms with Crippen LogP contribution in [0.1, 0.15) is 15.9 Å². The number of pyridine rings is 1. The number of rotatable bonds is 3. The van der Waals surface area contributed by atoms with Crippen LogP contribution in [0, 0.1) is 0 Å². The van der Waals surface area contributed by atoms with Gasteiger partial charge in [0.25, 0.3) is 0 Å². The maximum Gasteiger partial charge on any atom is 0.201 e. The van der Waals surface area contributed by atoms with E-state index in [9.17, 15) is 15.0 Å². The number of phenolic OH excluding ortho intramolecular Hbond substituents is 3. The normalized spacial score (nSPS) is 10.7. The van der Waals surface area contributed by atoms with Crippen LogP contribution in [-0.2, 0) is 0 Å². The highest BCUT2D eigenvalue weighted by Gasteiger charge is 2.15. The lowest BCUT2D eigenvalue weighted by atomic mass is 10.1. The maximum absolute atomic E-state index is 11.8. The van der Waals surface area contributed by atoms with Gasteiger partial charge < -0.3 is 15.3 Å². The molecule has 1 aromatic heterocycles. The summed E-state index contributed by atoms with van der Waals surface area (Å²) < 4.78 is 0. The molecule has 0 saturated heterocycles. The van der Waals surface area contributed by atoms with Crippen molar-refractivity contribution in [2.75, 3.05) is 0 Å². The first kappa shape index (κ1) is 12.6. The largest absolute Gasteiger partial charge is 0.504 e. The highest BCUT2D eigenvalue weighted by molar-refractivity contribution is 6.09. The zero-order valence-corrected chi connectivity index (χ0v) is 9.82. The van der Waals surface area contributed by atoms with Gasteiger partial charge in [0, 0.05) is 12.4 Å². The maximum atomic E-state index is 11.8. The summed E-state index contributed by atoms with van der Waals surface area (Å²) in [6.07, 6.45) is 5.99. The summed E-state index contributed by atoms with van der Waals surface area (Å²) in [5.74, 6) is -2.32. The molecule has 5 heteroatoms. The van der Waals surface area contributed by atoms with Gasteiger partial charge in [-0.15, -0.1) is 0 Å². The Morgan fingerprint density at radius 1 is 1.11 bits per heavy atom. The summed E-state index contributed by atoms with van der Waals surface area (Å²) >= 11 is 0. The lowest BCUT2D eigenvalue weighted by molar-refractivity contribution is 0.104. The second-order valence-electron chi connectivity index (χ2n) is 3.81. The van der Waals surface area contributed by atoms with Crippen molar-refractivity contribution in [3.8, 4) is 17.2 Å². The van der Waals surface area contributed by atoms with E-state index in [1.54, 1.807) is 30.6 Å². The Hall–Kier alpha value is -2.82. The molecule has 19 heavy (non-hydrogen) atoms. The van der Waals surface area contributed by atoms with Gasteiger partial charge in [0.2, 0.25) is 5.75 Å². The van der Waals surface area contributed by atoms with Gasteiger partial charge in [-0.1, -0.05) is 6.07 Å². The smallest absolute Gasteiger partial charge is 0.201 e. The van der Waals surface area contributed by atoms with E-state index in [4.69, 9.17) is 5.11 Å². The quantitative estimate of drug-likeness (QED) is 0.445. The molecule has 0 bridgehead atoms. The van der Waals surface area contributed by atoms with Crippen LogP contribution in [0.15, 0.2) is 42.7 Å². The molecule has 2 rings (SSSR count). The fraction of sp³-hybridized carbons (Fsp3) is 0. The van der Waals surface area contributed by atoms with Crippen molar-refractivity contribution < 1.29 is 20.1 Å². The molecule has 0 aliphatic carbocycles. The van der Waals surface area contributed by atoms with E-state index in [1.807, 2.05) is 0 Å². The third-order valence-electron chi connectivity index (χ3n) is 2.51. The van der Waals surface area contributed by atoms with Gasteiger partial charge in [-0.05, 0) is 35.9 Å². The molecule has 0 atom stereocenters. The van der Waals surface area contributed by atoms with E-state index in [0.29, 0.717) is 0 Å². The average Bonchev–Trinajstić information content (AvgIpc) is 2.43. The van der Waals surface area contributed by atoms with Crippen molar-refractivity contribution >= 4 is 11.9 Å². The average molecular weight is 257 g/mol. The second-order valence-corrected chi connectivity index (χ2v) is 3.81. The monoisotopic (exact) mass is 257 g/mol. The number of phenols is 3. The zero-order chi connectivity index (χ0) is 13.8.